The van der Waals surface area contributed by atoms with Gasteiger partial charge < -0.3 is 9.47 Å². The first-order valence-corrected chi connectivity index (χ1v) is 11.2. The second-order valence-corrected chi connectivity index (χ2v) is 8.77. The Balaban J connectivity index is 2.21. The molecule has 0 radical (unpaired) electrons. The molecule has 0 aliphatic carbocycles. The molecule has 0 aromatic rings. The summed E-state index contributed by atoms with van der Waals surface area (Å²) in [7, 11) is 0. The summed E-state index contributed by atoms with van der Waals surface area (Å²) in [5, 5.41) is 0. The molecule has 1 fully saturated rings. The van der Waals surface area contributed by atoms with Crippen LogP contribution in [0.3, 0.4) is 0 Å². The van der Waals surface area contributed by atoms with Crippen molar-refractivity contribution < 1.29 is 9.47 Å². The van der Waals surface area contributed by atoms with Crippen LogP contribution in [-0.2, 0) is 9.47 Å². The molecule has 1 aliphatic heterocycles. The van der Waals surface area contributed by atoms with Gasteiger partial charge in [0.15, 0.2) is 5.79 Å². The first kappa shape index (κ1) is 24.9. The van der Waals surface area contributed by atoms with E-state index in [2.05, 4.69) is 65.8 Å². The van der Waals surface area contributed by atoms with Crippen LogP contribution in [-0.4, -0.2) is 19.0 Å². The summed E-state index contributed by atoms with van der Waals surface area (Å²) in [5.74, 6) is -0.372. The third-order valence-corrected chi connectivity index (χ3v) is 5.35. The van der Waals surface area contributed by atoms with Gasteiger partial charge in [0, 0.05) is 6.42 Å². The minimum absolute atomic E-state index is 0.372. The summed E-state index contributed by atoms with van der Waals surface area (Å²) in [6.45, 7) is 14.8. The van der Waals surface area contributed by atoms with Crippen molar-refractivity contribution in [2.24, 2.45) is 0 Å². The molecule has 160 valence electrons. The quantitative estimate of drug-likeness (QED) is 0.315. The Kier molecular flexibility index (Phi) is 12.4. The summed E-state index contributed by atoms with van der Waals surface area (Å²) in [6, 6.07) is 0. The average molecular weight is 389 g/mol. The largest absolute Gasteiger partial charge is 0.350 e. The molecule has 0 atom stereocenters. The van der Waals surface area contributed by atoms with E-state index in [1.54, 1.807) is 0 Å². The molecule has 1 rings (SSSR count). The zero-order chi connectivity index (χ0) is 20.8. The van der Waals surface area contributed by atoms with Gasteiger partial charge >= 0.3 is 0 Å². The molecule has 1 heterocycles. The Labute approximate surface area is 174 Å². The highest BCUT2D eigenvalue weighted by Gasteiger charge is 2.27. The zero-order valence-corrected chi connectivity index (χ0v) is 19.4. The highest BCUT2D eigenvalue weighted by atomic mass is 16.7. The van der Waals surface area contributed by atoms with Crippen molar-refractivity contribution in [3.63, 3.8) is 0 Å². The second-order valence-electron chi connectivity index (χ2n) is 8.77. The number of hydrogen-bond donors (Lipinski definition) is 0. The lowest BCUT2D eigenvalue weighted by molar-refractivity contribution is -0.258. The second kappa shape index (κ2) is 14.0. The van der Waals surface area contributed by atoms with Crippen LogP contribution < -0.4 is 0 Å². The first-order chi connectivity index (χ1) is 13.3. The normalized spacial score (nSPS) is 18.3. The fourth-order valence-electron chi connectivity index (χ4n) is 3.39. The zero-order valence-electron chi connectivity index (χ0n) is 19.4. The van der Waals surface area contributed by atoms with Crippen molar-refractivity contribution in [1.29, 1.82) is 0 Å². The molecule has 0 bridgehead atoms. The van der Waals surface area contributed by atoms with Gasteiger partial charge in [0.05, 0.1) is 13.2 Å². The van der Waals surface area contributed by atoms with Gasteiger partial charge in [-0.2, -0.15) is 0 Å². The van der Waals surface area contributed by atoms with Crippen molar-refractivity contribution in [2.45, 2.75) is 105 Å². The molecule has 0 saturated carbocycles. The van der Waals surface area contributed by atoms with Gasteiger partial charge in [-0.15, -0.1) is 0 Å². The standard InChI is InChI=1S/C26H44O2/c1-22(2)12-7-13-23(3)14-8-15-24(4)16-9-17-25(5)18-10-19-26(6)27-20-11-21-28-26/h12,14,16,18H,7-11,13,15,17,19-21H2,1-6H3/b23-14+,24-16+,25-18+. The van der Waals surface area contributed by atoms with Gasteiger partial charge in [-0.1, -0.05) is 46.6 Å². The van der Waals surface area contributed by atoms with E-state index in [0.717, 1.165) is 51.7 Å². The van der Waals surface area contributed by atoms with E-state index >= 15 is 0 Å². The molecular formula is C26H44O2. The molecule has 2 nitrogen and oxygen atoms in total. The number of hydrogen-bond acceptors (Lipinski definition) is 2. The smallest absolute Gasteiger partial charge is 0.165 e. The van der Waals surface area contributed by atoms with Crippen molar-refractivity contribution in [1.82, 2.24) is 0 Å². The maximum atomic E-state index is 5.78. The van der Waals surface area contributed by atoms with E-state index in [1.165, 1.54) is 41.6 Å². The van der Waals surface area contributed by atoms with Crippen molar-refractivity contribution in [3.8, 4) is 0 Å². The molecule has 0 N–H and O–H groups in total. The fraction of sp³-hybridized carbons (Fsp3) is 0.692. The molecule has 1 saturated heterocycles. The number of allylic oxidation sites excluding steroid dienone is 8. The van der Waals surface area contributed by atoms with E-state index in [9.17, 15) is 0 Å². The van der Waals surface area contributed by atoms with Crippen LogP contribution in [0.5, 0.6) is 0 Å². The first-order valence-electron chi connectivity index (χ1n) is 11.2. The maximum absolute atomic E-state index is 5.78. The SMILES string of the molecule is CC(C)=CCC/C(C)=C/CC/C(C)=C/CC/C(C)=C/CCC1(C)OCCCO1. The van der Waals surface area contributed by atoms with Gasteiger partial charge in [0.25, 0.3) is 0 Å². The van der Waals surface area contributed by atoms with Crippen LogP contribution >= 0.6 is 0 Å². The van der Waals surface area contributed by atoms with Gasteiger partial charge in [-0.05, 0) is 92.9 Å². The lowest BCUT2D eigenvalue weighted by Crippen LogP contribution is -2.37. The molecule has 0 spiro atoms. The lowest BCUT2D eigenvalue weighted by atomic mass is 10.0. The van der Waals surface area contributed by atoms with Gasteiger partial charge in [0.2, 0.25) is 0 Å². The fourth-order valence-corrected chi connectivity index (χ4v) is 3.39. The van der Waals surface area contributed by atoms with Crippen LogP contribution in [0.15, 0.2) is 46.6 Å². The van der Waals surface area contributed by atoms with Gasteiger partial charge in [-0.3, -0.25) is 0 Å². The molecule has 0 aromatic carbocycles. The highest BCUT2D eigenvalue weighted by molar-refractivity contribution is 5.07. The molecule has 28 heavy (non-hydrogen) atoms. The number of rotatable bonds is 12. The van der Waals surface area contributed by atoms with Crippen molar-refractivity contribution in [2.75, 3.05) is 13.2 Å². The van der Waals surface area contributed by atoms with E-state index in [0.29, 0.717) is 0 Å². The minimum Gasteiger partial charge on any atom is -0.350 e. The molecule has 1 aliphatic rings. The summed E-state index contributed by atoms with van der Waals surface area (Å²) >= 11 is 0. The van der Waals surface area contributed by atoms with Crippen molar-refractivity contribution in [3.05, 3.63) is 46.6 Å². The Hall–Kier alpha value is -1.12. The Morgan fingerprint density at radius 3 is 1.57 bits per heavy atom. The van der Waals surface area contributed by atoms with Crippen LogP contribution in [0.25, 0.3) is 0 Å². The topological polar surface area (TPSA) is 18.5 Å². The monoisotopic (exact) mass is 388 g/mol. The van der Waals surface area contributed by atoms with Crippen molar-refractivity contribution >= 4 is 0 Å². The Morgan fingerprint density at radius 2 is 1.11 bits per heavy atom. The molecule has 0 unspecified atom stereocenters. The van der Waals surface area contributed by atoms with Crippen LogP contribution in [0.1, 0.15) is 99.3 Å². The van der Waals surface area contributed by atoms with Crippen LogP contribution in [0.2, 0.25) is 0 Å². The predicted molar refractivity (Wildman–Crippen MR) is 123 cm³/mol. The van der Waals surface area contributed by atoms with Crippen LogP contribution in [0.4, 0.5) is 0 Å². The number of ether oxygens (including phenoxy) is 2. The van der Waals surface area contributed by atoms with Gasteiger partial charge in [0.1, 0.15) is 0 Å². The average Bonchev–Trinajstić information content (AvgIpc) is 2.62. The van der Waals surface area contributed by atoms with E-state index in [1.807, 2.05) is 0 Å². The van der Waals surface area contributed by atoms with E-state index in [4.69, 9.17) is 9.47 Å². The van der Waals surface area contributed by atoms with Crippen LogP contribution in [0, 0.1) is 0 Å². The molecule has 0 amide bonds. The summed E-state index contributed by atoms with van der Waals surface area (Å²) in [6.07, 6.45) is 19.5. The van der Waals surface area contributed by atoms with Gasteiger partial charge in [-0.25, -0.2) is 0 Å². The van der Waals surface area contributed by atoms with E-state index in [-0.39, 0.29) is 5.79 Å². The molecular weight excluding hydrogens is 344 g/mol. The highest BCUT2D eigenvalue weighted by Crippen LogP contribution is 2.24. The molecule has 2 heteroatoms. The molecule has 0 aromatic heterocycles. The Bertz CT molecular complexity index is 553. The lowest BCUT2D eigenvalue weighted by Gasteiger charge is -2.33. The third kappa shape index (κ3) is 12.4. The summed E-state index contributed by atoms with van der Waals surface area (Å²) in [4.78, 5) is 0. The third-order valence-electron chi connectivity index (χ3n) is 5.35. The maximum Gasteiger partial charge on any atom is 0.165 e. The van der Waals surface area contributed by atoms with E-state index < -0.39 is 0 Å². The summed E-state index contributed by atoms with van der Waals surface area (Å²) < 4.78 is 11.6. The minimum atomic E-state index is -0.372. The predicted octanol–water partition coefficient (Wildman–Crippen LogP) is 8.07. The summed E-state index contributed by atoms with van der Waals surface area (Å²) in [5.41, 5.74) is 5.92. The Morgan fingerprint density at radius 1 is 0.679 bits per heavy atom.